The molecule has 1 unspecified atom stereocenters. The van der Waals surface area contributed by atoms with E-state index in [0.717, 1.165) is 36.6 Å². The second kappa shape index (κ2) is 9.42. The largest absolute Gasteiger partial charge is 0.496 e. The lowest BCUT2D eigenvalue weighted by Crippen LogP contribution is -2.49. The van der Waals surface area contributed by atoms with Gasteiger partial charge >= 0.3 is 0 Å². The van der Waals surface area contributed by atoms with Crippen molar-refractivity contribution in [1.29, 1.82) is 0 Å². The predicted molar refractivity (Wildman–Crippen MR) is 106 cm³/mol. The first-order chi connectivity index (χ1) is 13.2. The molecule has 0 saturated carbocycles. The Morgan fingerprint density at radius 3 is 2.59 bits per heavy atom. The van der Waals surface area contributed by atoms with Crippen LogP contribution in [0.15, 0.2) is 54.6 Å². The minimum atomic E-state index is 0.152. The molecule has 0 radical (unpaired) electrons. The van der Waals surface area contributed by atoms with Crippen molar-refractivity contribution in [3.05, 3.63) is 60.2 Å². The van der Waals surface area contributed by atoms with Gasteiger partial charge in [0.2, 0.25) is 5.91 Å². The number of carbonyl (C=O) groups is 1. The number of amides is 1. The van der Waals surface area contributed by atoms with Gasteiger partial charge in [-0.3, -0.25) is 9.69 Å². The summed E-state index contributed by atoms with van der Waals surface area (Å²) in [7, 11) is 3.80. The molecule has 0 N–H and O–H groups in total. The highest BCUT2D eigenvalue weighted by molar-refractivity contribution is 5.76. The molecular formula is C22H28N2O3. The third-order valence-electron chi connectivity index (χ3n) is 5.05. The van der Waals surface area contributed by atoms with Gasteiger partial charge in [-0.15, -0.1) is 0 Å². The fourth-order valence-electron chi connectivity index (χ4n) is 3.47. The molecule has 144 valence electrons. The van der Waals surface area contributed by atoms with Gasteiger partial charge < -0.3 is 14.4 Å². The van der Waals surface area contributed by atoms with Gasteiger partial charge in [0.1, 0.15) is 11.5 Å². The highest BCUT2D eigenvalue weighted by atomic mass is 16.5. The van der Waals surface area contributed by atoms with E-state index >= 15 is 0 Å². The Morgan fingerprint density at radius 2 is 1.81 bits per heavy atom. The predicted octanol–water partition coefficient (Wildman–Crippen LogP) is 3.37. The summed E-state index contributed by atoms with van der Waals surface area (Å²) in [5, 5.41) is 0. The Bertz CT molecular complexity index is 735. The zero-order chi connectivity index (χ0) is 19.1. The quantitative estimate of drug-likeness (QED) is 0.703. The molecule has 1 atom stereocenters. The van der Waals surface area contributed by atoms with E-state index in [4.69, 9.17) is 9.47 Å². The highest BCUT2D eigenvalue weighted by Gasteiger charge is 2.29. The summed E-state index contributed by atoms with van der Waals surface area (Å²) in [5.74, 6) is 1.92. The molecule has 1 fully saturated rings. The minimum absolute atomic E-state index is 0.152. The molecule has 1 aliphatic heterocycles. The number of hydrogen-bond donors (Lipinski definition) is 0. The molecule has 5 nitrogen and oxygen atoms in total. The number of rotatable bonds is 7. The van der Waals surface area contributed by atoms with Crippen LogP contribution in [0.1, 0.15) is 24.4 Å². The van der Waals surface area contributed by atoms with Crippen LogP contribution in [0, 0.1) is 0 Å². The lowest BCUT2D eigenvalue weighted by Gasteiger charge is -2.40. The maximum absolute atomic E-state index is 12.7. The van der Waals surface area contributed by atoms with Gasteiger partial charge in [-0.2, -0.15) is 0 Å². The monoisotopic (exact) mass is 368 g/mol. The van der Waals surface area contributed by atoms with Crippen LogP contribution in [-0.2, 0) is 4.79 Å². The molecule has 0 spiro atoms. The topological polar surface area (TPSA) is 42.0 Å². The van der Waals surface area contributed by atoms with Crippen molar-refractivity contribution in [1.82, 2.24) is 9.80 Å². The lowest BCUT2D eigenvalue weighted by molar-refractivity contribution is -0.134. The number of benzene rings is 2. The maximum Gasteiger partial charge on any atom is 0.222 e. The third kappa shape index (κ3) is 5.01. The number of methoxy groups -OCH3 is 1. The fraction of sp³-hybridized carbons (Fsp3) is 0.409. The first-order valence-corrected chi connectivity index (χ1v) is 9.48. The Labute approximate surface area is 161 Å². The summed E-state index contributed by atoms with van der Waals surface area (Å²) >= 11 is 0. The summed E-state index contributed by atoms with van der Waals surface area (Å²) in [5.41, 5.74) is 1.13. The van der Waals surface area contributed by atoms with E-state index in [9.17, 15) is 4.79 Å². The number of carbonyl (C=O) groups excluding carboxylic acids is 1. The van der Waals surface area contributed by atoms with Gasteiger partial charge in [0.05, 0.1) is 19.8 Å². The van der Waals surface area contributed by atoms with Crippen molar-refractivity contribution in [3.8, 4) is 11.5 Å². The zero-order valence-electron chi connectivity index (χ0n) is 16.1. The van der Waals surface area contributed by atoms with E-state index in [-0.39, 0.29) is 11.9 Å². The molecule has 2 aromatic rings. The van der Waals surface area contributed by atoms with Crippen LogP contribution in [0.4, 0.5) is 0 Å². The molecule has 5 heteroatoms. The van der Waals surface area contributed by atoms with Crippen molar-refractivity contribution >= 4 is 5.91 Å². The second-order valence-electron chi connectivity index (χ2n) is 6.84. The van der Waals surface area contributed by atoms with Gasteiger partial charge in [-0.25, -0.2) is 0 Å². The molecule has 1 aliphatic rings. The zero-order valence-corrected chi connectivity index (χ0v) is 16.1. The summed E-state index contributed by atoms with van der Waals surface area (Å²) in [6.45, 7) is 2.87. The van der Waals surface area contributed by atoms with Crippen molar-refractivity contribution in [2.24, 2.45) is 0 Å². The molecule has 27 heavy (non-hydrogen) atoms. The summed E-state index contributed by atoms with van der Waals surface area (Å²) < 4.78 is 11.2. The number of piperazine rings is 1. The van der Waals surface area contributed by atoms with Gasteiger partial charge in [0, 0.05) is 31.6 Å². The average molecular weight is 368 g/mol. The van der Waals surface area contributed by atoms with E-state index < -0.39 is 0 Å². The summed E-state index contributed by atoms with van der Waals surface area (Å²) in [6.07, 6.45) is 1.23. The third-order valence-corrected chi connectivity index (χ3v) is 5.05. The SMILES string of the molecule is COc1ccccc1C1CN(C(=O)CCCOc2ccccc2)CCN1C. The number of hydrogen-bond acceptors (Lipinski definition) is 4. The van der Waals surface area contributed by atoms with Gasteiger partial charge in [0.15, 0.2) is 0 Å². The Kier molecular flexibility index (Phi) is 6.71. The molecule has 1 heterocycles. The van der Waals surface area contributed by atoms with Crippen LogP contribution >= 0.6 is 0 Å². The number of ether oxygens (including phenoxy) is 2. The Balaban J connectivity index is 1.53. The van der Waals surface area contributed by atoms with Gasteiger partial charge in [-0.05, 0) is 31.7 Å². The second-order valence-corrected chi connectivity index (χ2v) is 6.84. The fourth-order valence-corrected chi connectivity index (χ4v) is 3.47. The number of nitrogens with zero attached hydrogens (tertiary/aromatic N) is 2. The highest BCUT2D eigenvalue weighted by Crippen LogP contribution is 2.31. The van der Waals surface area contributed by atoms with Crippen LogP contribution in [0.3, 0.4) is 0 Å². The first-order valence-electron chi connectivity index (χ1n) is 9.48. The molecule has 0 bridgehead atoms. The van der Waals surface area contributed by atoms with Crippen molar-refractivity contribution in [3.63, 3.8) is 0 Å². The van der Waals surface area contributed by atoms with E-state index in [1.54, 1.807) is 7.11 Å². The molecular weight excluding hydrogens is 340 g/mol. The molecule has 2 aromatic carbocycles. The maximum atomic E-state index is 12.7. The number of para-hydroxylation sites is 2. The standard InChI is InChI=1S/C22H28N2O3/c1-23-14-15-24(17-20(23)19-11-6-7-12-21(19)26-2)22(25)13-8-16-27-18-9-4-3-5-10-18/h3-7,9-12,20H,8,13-17H2,1-2H3. The van der Waals surface area contributed by atoms with Crippen LogP contribution in [-0.4, -0.2) is 56.1 Å². The lowest BCUT2D eigenvalue weighted by atomic mass is 10.0. The van der Waals surface area contributed by atoms with Crippen LogP contribution in [0.5, 0.6) is 11.5 Å². The Morgan fingerprint density at radius 1 is 1.07 bits per heavy atom. The molecule has 1 amide bonds. The average Bonchev–Trinajstić information content (AvgIpc) is 2.72. The van der Waals surface area contributed by atoms with Crippen LogP contribution in [0.2, 0.25) is 0 Å². The van der Waals surface area contributed by atoms with Crippen molar-refractivity contribution in [2.45, 2.75) is 18.9 Å². The van der Waals surface area contributed by atoms with Crippen molar-refractivity contribution in [2.75, 3.05) is 40.4 Å². The van der Waals surface area contributed by atoms with Gasteiger partial charge in [-0.1, -0.05) is 36.4 Å². The van der Waals surface area contributed by atoms with Crippen molar-refractivity contribution < 1.29 is 14.3 Å². The molecule has 3 rings (SSSR count). The van der Waals surface area contributed by atoms with Crippen LogP contribution in [0.25, 0.3) is 0 Å². The molecule has 0 aromatic heterocycles. The molecule has 0 aliphatic carbocycles. The first kappa shape index (κ1) is 19.2. The minimum Gasteiger partial charge on any atom is -0.496 e. The number of likely N-dealkylation sites (N-methyl/N-ethyl adjacent to an activating group) is 1. The van der Waals surface area contributed by atoms with Gasteiger partial charge in [0.25, 0.3) is 0 Å². The van der Waals surface area contributed by atoms with Crippen LogP contribution < -0.4 is 9.47 Å². The van der Waals surface area contributed by atoms with E-state index in [2.05, 4.69) is 18.0 Å². The van der Waals surface area contributed by atoms with E-state index in [0.29, 0.717) is 19.6 Å². The van der Waals surface area contributed by atoms with E-state index in [1.165, 1.54) is 0 Å². The normalized spacial score (nSPS) is 17.6. The van der Waals surface area contributed by atoms with E-state index in [1.807, 2.05) is 53.4 Å². The Hall–Kier alpha value is -2.53. The smallest absolute Gasteiger partial charge is 0.222 e. The summed E-state index contributed by atoms with van der Waals surface area (Å²) in [6, 6.07) is 17.9. The summed E-state index contributed by atoms with van der Waals surface area (Å²) in [4.78, 5) is 16.9. The molecule has 1 saturated heterocycles.